The average Bonchev–Trinajstić information content (AvgIpc) is 2.53. The van der Waals surface area contributed by atoms with E-state index in [2.05, 4.69) is 43.1 Å². The summed E-state index contributed by atoms with van der Waals surface area (Å²) >= 11 is 6.06. The predicted molar refractivity (Wildman–Crippen MR) is 91.1 cm³/mol. The SMILES string of the molecule is CC1CCCCC1N(C)c1ncc(CCl)c2ccccc12. The highest BCUT2D eigenvalue weighted by molar-refractivity contribution is 6.18. The first kappa shape index (κ1) is 14.6. The van der Waals surface area contributed by atoms with E-state index in [-0.39, 0.29) is 0 Å². The summed E-state index contributed by atoms with van der Waals surface area (Å²) in [6, 6.07) is 9.07. The first-order valence-electron chi connectivity index (χ1n) is 7.87. The van der Waals surface area contributed by atoms with Gasteiger partial charge in [0.1, 0.15) is 5.82 Å². The number of aromatic nitrogens is 1. The second-order valence-corrected chi connectivity index (χ2v) is 6.49. The van der Waals surface area contributed by atoms with E-state index in [1.54, 1.807) is 0 Å². The Hall–Kier alpha value is -1.28. The molecule has 1 saturated carbocycles. The van der Waals surface area contributed by atoms with Crippen LogP contribution in [0.1, 0.15) is 38.2 Å². The Morgan fingerprint density at radius 2 is 1.90 bits per heavy atom. The lowest BCUT2D eigenvalue weighted by Crippen LogP contribution is -2.39. The van der Waals surface area contributed by atoms with Crippen LogP contribution in [0.3, 0.4) is 0 Å². The summed E-state index contributed by atoms with van der Waals surface area (Å²) in [4.78, 5) is 7.12. The largest absolute Gasteiger partial charge is 0.356 e. The second kappa shape index (κ2) is 6.23. The molecule has 0 N–H and O–H groups in total. The molecule has 0 amide bonds. The highest BCUT2D eigenvalue weighted by atomic mass is 35.5. The number of hydrogen-bond donors (Lipinski definition) is 0. The van der Waals surface area contributed by atoms with Crippen molar-refractivity contribution >= 4 is 28.2 Å². The maximum atomic E-state index is 6.06. The Bertz CT molecular complexity index is 626. The molecule has 1 heterocycles. The van der Waals surface area contributed by atoms with E-state index in [1.165, 1.54) is 36.5 Å². The summed E-state index contributed by atoms with van der Waals surface area (Å²) < 4.78 is 0. The summed E-state index contributed by atoms with van der Waals surface area (Å²) in [6.07, 6.45) is 7.23. The maximum absolute atomic E-state index is 6.06. The highest BCUT2D eigenvalue weighted by Crippen LogP contribution is 2.33. The molecule has 1 fully saturated rings. The van der Waals surface area contributed by atoms with Crippen molar-refractivity contribution in [3.8, 4) is 0 Å². The number of nitrogens with zero attached hydrogens (tertiary/aromatic N) is 2. The van der Waals surface area contributed by atoms with Gasteiger partial charge in [-0.25, -0.2) is 4.98 Å². The van der Waals surface area contributed by atoms with E-state index in [0.29, 0.717) is 11.9 Å². The van der Waals surface area contributed by atoms with Crippen molar-refractivity contribution in [3.63, 3.8) is 0 Å². The molecule has 0 radical (unpaired) electrons. The third kappa shape index (κ3) is 2.74. The summed E-state index contributed by atoms with van der Waals surface area (Å²) in [5.41, 5.74) is 1.11. The third-order valence-corrected chi connectivity index (χ3v) is 5.19. The van der Waals surface area contributed by atoms with Gasteiger partial charge < -0.3 is 4.90 Å². The Balaban J connectivity index is 2.04. The lowest BCUT2D eigenvalue weighted by atomic mass is 9.85. The molecule has 1 aromatic heterocycles. The molecule has 2 unspecified atom stereocenters. The number of pyridine rings is 1. The van der Waals surface area contributed by atoms with Crippen molar-refractivity contribution in [1.82, 2.24) is 4.98 Å². The second-order valence-electron chi connectivity index (χ2n) is 6.23. The van der Waals surface area contributed by atoms with Gasteiger partial charge in [0.2, 0.25) is 0 Å². The van der Waals surface area contributed by atoms with E-state index in [0.717, 1.165) is 17.3 Å². The Labute approximate surface area is 132 Å². The zero-order valence-corrected chi connectivity index (χ0v) is 13.6. The van der Waals surface area contributed by atoms with Crippen LogP contribution < -0.4 is 4.90 Å². The van der Waals surface area contributed by atoms with Gasteiger partial charge in [-0.2, -0.15) is 0 Å². The van der Waals surface area contributed by atoms with Gasteiger partial charge in [0, 0.05) is 30.6 Å². The maximum Gasteiger partial charge on any atom is 0.136 e. The van der Waals surface area contributed by atoms with Gasteiger partial charge >= 0.3 is 0 Å². The molecule has 2 aromatic rings. The number of fused-ring (bicyclic) bond motifs is 1. The van der Waals surface area contributed by atoms with Crippen molar-refractivity contribution in [2.75, 3.05) is 11.9 Å². The molecule has 3 heteroatoms. The number of anilines is 1. The first-order valence-corrected chi connectivity index (χ1v) is 8.41. The molecule has 1 aliphatic carbocycles. The van der Waals surface area contributed by atoms with Gasteiger partial charge in [-0.15, -0.1) is 11.6 Å². The van der Waals surface area contributed by atoms with Crippen LogP contribution >= 0.6 is 11.6 Å². The van der Waals surface area contributed by atoms with E-state index < -0.39 is 0 Å². The summed E-state index contributed by atoms with van der Waals surface area (Å²) in [6.45, 7) is 2.37. The van der Waals surface area contributed by atoms with Crippen molar-refractivity contribution in [3.05, 3.63) is 36.0 Å². The van der Waals surface area contributed by atoms with Gasteiger partial charge in [-0.1, -0.05) is 44.0 Å². The normalized spacial score (nSPS) is 22.4. The molecular weight excluding hydrogens is 280 g/mol. The van der Waals surface area contributed by atoms with E-state index in [4.69, 9.17) is 16.6 Å². The number of hydrogen-bond acceptors (Lipinski definition) is 2. The minimum atomic E-state index is 0.511. The monoisotopic (exact) mass is 302 g/mol. The first-order chi connectivity index (χ1) is 10.2. The fraction of sp³-hybridized carbons (Fsp3) is 0.500. The van der Waals surface area contributed by atoms with Gasteiger partial charge in [0.25, 0.3) is 0 Å². The van der Waals surface area contributed by atoms with E-state index in [9.17, 15) is 0 Å². The van der Waals surface area contributed by atoms with Crippen molar-refractivity contribution in [2.45, 2.75) is 44.5 Å². The van der Waals surface area contributed by atoms with Crippen molar-refractivity contribution in [1.29, 1.82) is 0 Å². The standard InChI is InChI=1S/C18H23ClN2/c1-13-7-3-6-10-17(13)21(2)18-16-9-5-4-8-15(16)14(11-19)12-20-18/h4-5,8-9,12-13,17H,3,6-7,10-11H2,1-2H3. The summed E-state index contributed by atoms with van der Waals surface area (Å²) in [5, 5.41) is 2.45. The third-order valence-electron chi connectivity index (χ3n) is 4.90. The number of halogens is 1. The molecule has 0 saturated heterocycles. The molecular formula is C18H23ClN2. The van der Waals surface area contributed by atoms with E-state index in [1.807, 2.05) is 6.20 Å². The molecule has 21 heavy (non-hydrogen) atoms. The van der Waals surface area contributed by atoms with Gasteiger partial charge in [0.15, 0.2) is 0 Å². The van der Waals surface area contributed by atoms with Crippen LogP contribution in [-0.4, -0.2) is 18.1 Å². The predicted octanol–water partition coefficient (Wildman–Crippen LogP) is 4.99. The minimum absolute atomic E-state index is 0.511. The molecule has 2 nitrogen and oxygen atoms in total. The Kier molecular flexibility index (Phi) is 4.34. The molecule has 0 aliphatic heterocycles. The van der Waals surface area contributed by atoms with Crippen LogP contribution in [0.15, 0.2) is 30.5 Å². The summed E-state index contributed by atoms with van der Waals surface area (Å²) in [5.74, 6) is 2.34. The van der Waals surface area contributed by atoms with Crippen molar-refractivity contribution in [2.24, 2.45) is 5.92 Å². The molecule has 2 atom stereocenters. The quantitative estimate of drug-likeness (QED) is 0.743. The molecule has 0 spiro atoms. The van der Waals surface area contributed by atoms with Crippen LogP contribution in [-0.2, 0) is 5.88 Å². The number of alkyl halides is 1. The van der Waals surface area contributed by atoms with Gasteiger partial charge in [-0.3, -0.25) is 0 Å². The van der Waals surface area contributed by atoms with Gasteiger partial charge in [0.05, 0.1) is 0 Å². The van der Waals surface area contributed by atoms with Crippen LogP contribution in [0.2, 0.25) is 0 Å². The molecule has 1 aromatic carbocycles. The zero-order chi connectivity index (χ0) is 14.8. The van der Waals surface area contributed by atoms with Crippen LogP contribution in [0, 0.1) is 5.92 Å². The zero-order valence-electron chi connectivity index (χ0n) is 12.8. The Morgan fingerprint density at radius 3 is 2.62 bits per heavy atom. The Morgan fingerprint density at radius 1 is 1.19 bits per heavy atom. The van der Waals surface area contributed by atoms with E-state index >= 15 is 0 Å². The van der Waals surface area contributed by atoms with Crippen LogP contribution in [0.25, 0.3) is 10.8 Å². The van der Waals surface area contributed by atoms with Crippen molar-refractivity contribution < 1.29 is 0 Å². The topological polar surface area (TPSA) is 16.1 Å². The molecule has 112 valence electrons. The smallest absolute Gasteiger partial charge is 0.136 e. The average molecular weight is 303 g/mol. The lowest BCUT2D eigenvalue weighted by Gasteiger charge is -2.37. The fourth-order valence-electron chi connectivity index (χ4n) is 3.65. The van der Waals surface area contributed by atoms with Crippen LogP contribution in [0.4, 0.5) is 5.82 Å². The fourth-order valence-corrected chi connectivity index (χ4v) is 3.87. The summed E-state index contributed by atoms with van der Waals surface area (Å²) in [7, 11) is 2.20. The lowest BCUT2D eigenvalue weighted by molar-refractivity contribution is 0.321. The van der Waals surface area contributed by atoms with Crippen LogP contribution in [0.5, 0.6) is 0 Å². The van der Waals surface area contributed by atoms with Gasteiger partial charge in [-0.05, 0) is 29.7 Å². The molecule has 0 bridgehead atoms. The molecule has 1 aliphatic rings. The minimum Gasteiger partial charge on any atom is -0.356 e. The molecule has 3 rings (SSSR count). The number of rotatable bonds is 3. The highest BCUT2D eigenvalue weighted by Gasteiger charge is 2.26. The number of benzene rings is 1.